The first kappa shape index (κ1) is 16.8. The van der Waals surface area contributed by atoms with E-state index in [0.29, 0.717) is 28.4 Å². The average molecular weight is 340 g/mol. The first-order valence-electron chi connectivity index (χ1n) is 7.73. The predicted octanol–water partition coefficient (Wildman–Crippen LogP) is 4.25. The lowest BCUT2D eigenvalue weighted by molar-refractivity contribution is 0.324. The van der Waals surface area contributed by atoms with Gasteiger partial charge in [-0.2, -0.15) is 0 Å². The number of hydrogen-bond acceptors (Lipinski definition) is 5. The number of phenolic OH excluding ortho intramolecular Hbond substituents is 1. The summed E-state index contributed by atoms with van der Waals surface area (Å²) in [4.78, 5) is 0. The minimum absolute atomic E-state index is 0.120. The fraction of sp³-hybridized carbons (Fsp3) is 0.200. The molecule has 1 N–H and O–H groups in total. The quantitative estimate of drug-likeness (QED) is 0.752. The van der Waals surface area contributed by atoms with Crippen molar-refractivity contribution in [3.05, 3.63) is 42.5 Å². The van der Waals surface area contributed by atoms with Gasteiger partial charge in [0.25, 0.3) is 0 Å². The van der Waals surface area contributed by atoms with E-state index in [-0.39, 0.29) is 5.75 Å². The van der Waals surface area contributed by atoms with Gasteiger partial charge in [0.05, 0.1) is 28.4 Å². The minimum atomic E-state index is 0.120. The largest absolute Gasteiger partial charge is 0.504 e. The van der Waals surface area contributed by atoms with Gasteiger partial charge in [-0.15, -0.1) is 0 Å². The summed E-state index contributed by atoms with van der Waals surface area (Å²) in [6.45, 7) is 0. The molecule has 0 atom stereocenters. The summed E-state index contributed by atoms with van der Waals surface area (Å²) in [6.07, 6.45) is 0. The molecule has 0 saturated heterocycles. The van der Waals surface area contributed by atoms with Crippen molar-refractivity contribution in [2.75, 3.05) is 28.4 Å². The maximum Gasteiger partial charge on any atom is 0.203 e. The molecule has 3 rings (SSSR count). The fourth-order valence-corrected chi connectivity index (χ4v) is 2.97. The maximum atomic E-state index is 10.4. The second-order valence-corrected chi connectivity index (χ2v) is 5.43. The Bertz CT molecular complexity index is 892. The van der Waals surface area contributed by atoms with Gasteiger partial charge in [-0.1, -0.05) is 18.2 Å². The molecule has 0 aliphatic rings. The molecule has 3 aromatic rings. The van der Waals surface area contributed by atoms with Crippen LogP contribution in [0.1, 0.15) is 0 Å². The average Bonchev–Trinajstić information content (AvgIpc) is 2.66. The van der Waals surface area contributed by atoms with E-state index in [2.05, 4.69) is 0 Å². The molecule has 130 valence electrons. The topological polar surface area (TPSA) is 57.2 Å². The highest BCUT2D eigenvalue weighted by molar-refractivity contribution is 6.01. The number of hydrogen-bond donors (Lipinski definition) is 1. The summed E-state index contributed by atoms with van der Waals surface area (Å²) >= 11 is 0. The van der Waals surface area contributed by atoms with Crippen LogP contribution in [0, 0.1) is 0 Å². The van der Waals surface area contributed by atoms with Crippen molar-refractivity contribution >= 4 is 10.8 Å². The Morgan fingerprint density at radius 3 is 1.88 bits per heavy atom. The summed E-state index contributed by atoms with van der Waals surface area (Å²) in [5, 5.41) is 12.0. The number of phenols is 1. The van der Waals surface area contributed by atoms with E-state index in [1.807, 2.05) is 36.4 Å². The highest BCUT2D eigenvalue weighted by Gasteiger charge is 2.16. The molecule has 5 nitrogen and oxygen atoms in total. The predicted molar refractivity (Wildman–Crippen MR) is 97.3 cm³/mol. The number of benzene rings is 3. The van der Waals surface area contributed by atoms with Gasteiger partial charge in [-0.25, -0.2) is 0 Å². The van der Waals surface area contributed by atoms with Crippen LogP contribution in [0.15, 0.2) is 42.5 Å². The lowest BCUT2D eigenvalue weighted by Gasteiger charge is -2.16. The van der Waals surface area contributed by atoms with Crippen molar-refractivity contribution < 1.29 is 24.1 Å². The summed E-state index contributed by atoms with van der Waals surface area (Å²) < 4.78 is 21.5. The number of aromatic hydroxyl groups is 1. The van der Waals surface area contributed by atoms with Gasteiger partial charge >= 0.3 is 0 Å². The minimum Gasteiger partial charge on any atom is -0.504 e. The van der Waals surface area contributed by atoms with Crippen LogP contribution < -0.4 is 18.9 Å². The Morgan fingerprint density at radius 2 is 1.32 bits per heavy atom. The molecular formula is C20H20O5. The van der Waals surface area contributed by atoms with Crippen LogP contribution in [-0.2, 0) is 0 Å². The molecule has 0 aliphatic carbocycles. The molecule has 5 heteroatoms. The maximum absolute atomic E-state index is 10.4. The molecule has 3 aromatic carbocycles. The highest BCUT2D eigenvalue weighted by Crippen LogP contribution is 2.44. The van der Waals surface area contributed by atoms with Crippen LogP contribution in [0.5, 0.6) is 28.7 Å². The number of ether oxygens (including phenoxy) is 4. The molecule has 0 radical (unpaired) electrons. The Labute approximate surface area is 146 Å². The molecule has 0 heterocycles. The van der Waals surface area contributed by atoms with E-state index in [9.17, 15) is 5.11 Å². The van der Waals surface area contributed by atoms with E-state index in [1.165, 1.54) is 7.11 Å². The molecular weight excluding hydrogens is 320 g/mol. The summed E-state index contributed by atoms with van der Waals surface area (Å²) in [5.74, 6) is 2.25. The van der Waals surface area contributed by atoms with Gasteiger partial charge in [-0.05, 0) is 40.8 Å². The zero-order chi connectivity index (χ0) is 18.0. The van der Waals surface area contributed by atoms with Gasteiger partial charge in [0.1, 0.15) is 0 Å². The second kappa shape index (κ2) is 6.81. The van der Waals surface area contributed by atoms with E-state index >= 15 is 0 Å². The van der Waals surface area contributed by atoms with E-state index in [4.69, 9.17) is 18.9 Å². The van der Waals surface area contributed by atoms with Crippen molar-refractivity contribution in [3.8, 4) is 39.9 Å². The third kappa shape index (κ3) is 2.78. The van der Waals surface area contributed by atoms with Crippen LogP contribution in [-0.4, -0.2) is 33.5 Å². The van der Waals surface area contributed by atoms with Gasteiger partial charge in [-0.3, -0.25) is 0 Å². The van der Waals surface area contributed by atoms with Crippen molar-refractivity contribution in [2.45, 2.75) is 0 Å². The molecule has 0 unspecified atom stereocenters. The molecule has 0 fully saturated rings. The fourth-order valence-electron chi connectivity index (χ4n) is 2.97. The lowest BCUT2D eigenvalue weighted by atomic mass is 9.97. The van der Waals surface area contributed by atoms with Gasteiger partial charge in [0, 0.05) is 5.39 Å². The lowest BCUT2D eigenvalue weighted by Crippen LogP contribution is -1.96. The van der Waals surface area contributed by atoms with Crippen LogP contribution in [0.4, 0.5) is 0 Å². The monoisotopic (exact) mass is 340 g/mol. The molecule has 0 aromatic heterocycles. The zero-order valence-corrected chi connectivity index (χ0v) is 14.6. The highest BCUT2D eigenvalue weighted by atomic mass is 16.5. The number of methoxy groups -OCH3 is 4. The standard InChI is InChI=1S/C20H20O5/c1-22-16-9-8-14-13(6-5-7-15(14)19(16)21)12-10-17(23-2)20(25-4)18(11-12)24-3/h5-11,21H,1-4H3. The van der Waals surface area contributed by atoms with E-state index < -0.39 is 0 Å². The van der Waals surface area contributed by atoms with E-state index in [0.717, 1.165) is 16.5 Å². The first-order valence-corrected chi connectivity index (χ1v) is 7.73. The Morgan fingerprint density at radius 1 is 0.680 bits per heavy atom. The second-order valence-electron chi connectivity index (χ2n) is 5.43. The van der Waals surface area contributed by atoms with Gasteiger partial charge in [0.15, 0.2) is 23.0 Å². The zero-order valence-electron chi connectivity index (χ0n) is 14.6. The summed E-state index contributed by atoms with van der Waals surface area (Å²) in [7, 11) is 6.27. The number of fused-ring (bicyclic) bond motifs is 1. The Kier molecular flexibility index (Phi) is 4.57. The summed E-state index contributed by atoms with van der Waals surface area (Å²) in [5.41, 5.74) is 1.83. The molecule has 0 saturated carbocycles. The molecule has 0 bridgehead atoms. The molecule has 0 aliphatic heterocycles. The van der Waals surface area contributed by atoms with Crippen LogP contribution in [0.2, 0.25) is 0 Å². The molecule has 25 heavy (non-hydrogen) atoms. The van der Waals surface area contributed by atoms with Gasteiger partial charge in [0.2, 0.25) is 5.75 Å². The number of rotatable bonds is 5. The van der Waals surface area contributed by atoms with Crippen LogP contribution in [0.3, 0.4) is 0 Å². The Hall–Kier alpha value is -3.08. The smallest absolute Gasteiger partial charge is 0.203 e. The van der Waals surface area contributed by atoms with Crippen molar-refractivity contribution in [2.24, 2.45) is 0 Å². The van der Waals surface area contributed by atoms with Gasteiger partial charge < -0.3 is 24.1 Å². The van der Waals surface area contributed by atoms with Crippen molar-refractivity contribution in [1.29, 1.82) is 0 Å². The van der Waals surface area contributed by atoms with Crippen molar-refractivity contribution in [1.82, 2.24) is 0 Å². The van der Waals surface area contributed by atoms with Crippen molar-refractivity contribution in [3.63, 3.8) is 0 Å². The van der Waals surface area contributed by atoms with E-state index in [1.54, 1.807) is 27.4 Å². The normalized spacial score (nSPS) is 10.6. The third-order valence-electron chi connectivity index (χ3n) is 4.19. The SMILES string of the molecule is COc1cc(-c2cccc3c(O)c(OC)ccc23)cc(OC)c1OC. The third-order valence-corrected chi connectivity index (χ3v) is 4.19. The molecule has 0 spiro atoms. The summed E-state index contributed by atoms with van der Waals surface area (Å²) in [6, 6.07) is 13.2. The molecule has 0 amide bonds. The first-order chi connectivity index (χ1) is 12.1. The van der Waals surface area contributed by atoms with Crippen LogP contribution in [0.25, 0.3) is 21.9 Å². The Balaban J connectivity index is 2.28. The van der Waals surface area contributed by atoms with Crippen LogP contribution >= 0.6 is 0 Å².